The van der Waals surface area contributed by atoms with E-state index in [2.05, 4.69) is 0 Å². The second-order valence-electron chi connectivity index (χ2n) is 1.06. The van der Waals surface area contributed by atoms with Crippen molar-refractivity contribution in [2.24, 2.45) is 5.73 Å². The molecule has 3 atom stereocenters. The topological polar surface area (TPSA) is 26.0 Å². The predicted molar refractivity (Wildman–Crippen MR) is 44.3 cm³/mol. The van der Waals surface area contributed by atoms with E-state index in [1.54, 1.807) is 6.92 Å². The van der Waals surface area contributed by atoms with Crippen molar-refractivity contribution in [3.05, 3.63) is 0 Å². The summed E-state index contributed by atoms with van der Waals surface area (Å²) in [5.41, 5.74) is 4.36. The molecule has 0 spiro atoms. The number of rotatable bonds is 5. The van der Waals surface area contributed by atoms with E-state index in [1.807, 2.05) is 0 Å². The summed E-state index contributed by atoms with van der Waals surface area (Å²) < 4.78 is 21.7. The molecule has 0 fully saturated rings. The molecule has 0 saturated heterocycles. The van der Waals surface area contributed by atoms with E-state index in [-0.39, 0.29) is 5.73 Å². The Hall–Kier alpha value is 0.660. The van der Waals surface area contributed by atoms with Crippen molar-refractivity contribution in [2.45, 2.75) is 13.3 Å². The molecule has 0 bridgehead atoms. The second-order valence-corrected chi connectivity index (χ2v) is 3.21. The van der Waals surface area contributed by atoms with Gasteiger partial charge in [0.05, 0.1) is 0 Å². The molecule has 0 saturated carbocycles. The SMILES string of the molecule is [2H]C(CN)SSC([2H])C([2H])C. The van der Waals surface area contributed by atoms with Crippen molar-refractivity contribution in [2.75, 3.05) is 18.0 Å². The maximum atomic E-state index is 7.33. The van der Waals surface area contributed by atoms with E-state index in [1.165, 1.54) is 21.6 Å². The molecule has 8 heavy (non-hydrogen) atoms. The van der Waals surface area contributed by atoms with Crippen LogP contribution in [0.25, 0.3) is 0 Å². The summed E-state index contributed by atoms with van der Waals surface area (Å²) in [6.07, 6.45) is -0.405. The standard InChI is InChI=1S/C5H13NS2/c1-2-4-7-8-5-3-6/h2-6H2,1H3/i2D,4D,5D. The highest BCUT2D eigenvalue weighted by molar-refractivity contribution is 8.76. The van der Waals surface area contributed by atoms with Crippen LogP contribution in [0.4, 0.5) is 0 Å². The van der Waals surface area contributed by atoms with Gasteiger partial charge in [0.2, 0.25) is 0 Å². The zero-order valence-electron chi connectivity index (χ0n) is 7.83. The van der Waals surface area contributed by atoms with E-state index in [9.17, 15) is 0 Å². The van der Waals surface area contributed by atoms with Crippen molar-refractivity contribution in [1.82, 2.24) is 0 Å². The Bertz CT molecular complexity index is 104. The van der Waals surface area contributed by atoms with Crippen molar-refractivity contribution in [3.8, 4) is 0 Å². The molecule has 0 aliphatic carbocycles. The monoisotopic (exact) mass is 154 g/mol. The molecule has 0 aliphatic rings. The van der Waals surface area contributed by atoms with E-state index >= 15 is 0 Å². The lowest BCUT2D eigenvalue weighted by molar-refractivity contribution is 1.11. The minimum absolute atomic E-state index is 0.302. The molecule has 0 aromatic carbocycles. The molecule has 0 heterocycles. The number of nitrogens with two attached hydrogens (primary N) is 1. The molecule has 0 aromatic rings. The fourth-order valence-corrected chi connectivity index (χ4v) is 1.50. The smallest absolute Gasteiger partial charge is 0.0402 e. The van der Waals surface area contributed by atoms with Crippen LogP contribution in [0.15, 0.2) is 0 Å². The Labute approximate surface area is 63.4 Å². The van der Waals surface area contributed by atoms with Gasteiger partial charge in [-0.2, -0.15) is 0 Å². The first-order chi connectivity index (χ1) is 5.07. The highest BCUT2D eigenvalue weighted by Gasteiger charge is 1.83. The van der Waals surface area contributed by atoms with Crippen molar-refractivity contribution in [3.63, 3.8) is 0 Å². The first-order valence-electron chi connectivity index (χ1n) is 4.10. The highest BCUT2D eigenvalue weighted by atomic mass is 33.1. The number of hydrogen-bond acceptors (Lipinski definition) is 3. The van der Waals surface area contributed by atoms with Gasteiger partial charge in [-0.15, -0.1) is 0 Å². The van der Waals surface area contributed by atoms with Crippen LogP contribution in [0.2, 0.25) is 0 Å². The van der Waals surface area contributed by atoms with Crippen LogP contribution in [0.3, 0.4) is 0 Å². The fourth-order valence-electron chi connectivity index (χ4n) is 0.166. The zero-order chi connectivity index (χ0) is 8.85. The van der Waals surface area contributed by atoms with E-state index < -0.39 is 12.1 Å². The largest absolute Gasteiger partial charge is 0.330 e. The molecule has 0 aliphatic heterocycles. The summed E-state index contributed by atoms with van der Waals surface area (Å²) in [5.74, 6) is 0. The molecule has 2 N–H and O–H groups in total. The average molecular weight is 154 g/mol. The molecule has 0 aromatic heterocycles. The van der Waals surface area contributed by atoms with Gasteiger partial charge < -0.3 is 5.73 Å². The third-order valence-corrected chi connectivity index (χ3v) is 2.31. The third kappa shape index (κ3) is 6.66. The van der Waals surface area contributed by atoms with Crippen LogP contribution < -0.4 is 5.73 Å². The molecular formula is C5H13NS2. The lowest BCUT2D eigenvalue weighted by atomic mass is 10.6. The lowest BCUT2D eigenvalue weighted by Gasteiger charge is -1.93. The zero-order valence-corrected chi connectivity index (χ0v) is 6.47. The van der Waals surface area contributed by atoms with Crippen LogP contribution in [0, 0.1) is 0 Å². The summed E-state index contributed by atoms with van der Waals surface area (Å²) >= 11 is 0. The summed E-state index contributed by atoms with van der Waals surface area (Å²) in [7, 11) is 2.51. The molecule has 3 heteroatoms. The van der Waals surface area contributed by atoms with Gasteiger partial charge in [0.15, 0.2) is 0 Å². The van der Waals surface area contributed by atoms with E-state index in [0.717, 1.165) is 0 Å². The quantitative estimate of drug-likeness (QED) is 0.611. The summed E-state index contributed by atoms with van der Waals surface area (Å²) in [4.78, 5) is 0. The van der Waals surface area contributed by atoms with Crippen LogP contribution in [-0.4, -0.2) is 18.0 Å². The Morgan fingerprint density at radius 1 is 1.50 bits per heavy atom. The Kier molecular flexibility index (Phi) is 4.28. The normalized spacial score (nSPS) is 27.0. The van der Waals surface area contributed by atoms with Crippen LogP contribution in [-0.2, 0) is 0 Å². The van der Waals surface area contributed by atoms with Gasteiger partial charge in [0.1, 0.15) is 0 Å². The first-order valence-corrected chi connectivity index (χ1v) is 4.64. The van der Waals surface area contributed by atoms with E-state index in [0.29, 0.717) is 6.54 Å². The summed E-state index contributed by atoms with van der Waals surface area (Å²) in [6, 6.07) is 0. The maximum absolute atomic E-state index is 7.33. The summed E-state index contributed by atoms with van der Waals surface area (Å²) in [5, 5.41) is 0. The number of hydrogen-bond donors (Lipinski definition) is 1. The van der Waals surface area contributed by atoms with Gasteiger partial charge in [-0.05, 0) is 6.40 Å². The van der Waals surface area contributed by atoms with E-state index in [4.69, 9.17) is 9.85 Å². The molecular weight excluding hydrogens is 138 g/mol. The van der Waals surface area contributed by atoms with Gasteiger partial charge in [-0.1, -0.05) is 28.5 Å². The Balaban J connectivity index is 3.37. The molecule has 0 rings (SSSR count). The molecule has 0 amide bonds. The Morgan fingerprint density at radius 3 is 2.62 bits per heavy atom. The van der Waals surface area contributed by atoms with Crippen LogP contribution in [0.5, 0.6) is 0 Å². The minimum atomic E-state index is -0.473. The molecule has 1 nitrogen and oxygen atoms in total. The van der Waals surface area contributed by atoms with Crippen molar-refractivity contribution >= 4 is 21.6 Å². The van der Waals surface area contributed by atoms with Crippen LogP contribution >= 0.6 is 21.6 Å². The van der Waals surface area contributed by atoms with Crippen LogP contribution in [0.1, 0.15) is 17.4 Å². The Morgan fingerprint density at radius 2 is 2.12 bits per heavy atom. The molecule has 0 radical (unpaired) electrons. The minimum Gasteiger partial charge on any atom is -0.330 e. The third-order valence-electron chi connectivity index (χ3n) is 0.411. The van der Waals surface area contributed by atoms with Gasteiger partial charge >= 0.3 is 0 Å². The lowest BCUT2D eigenvalue weighted by Crippen LogP contribution is -1.99. The molecule has 3 unspecified atom stereocenters. The van der Waals surface area contributed by atoms with Gasteiger partial charge in [0, 0.05) is 22.1 Å². The first kappa shape index (κ1) is 4.47. The predicted octanol–water partition coefficient (Wildman–Crippen LogP) is 1.74. The van der Waals surface area contributed by atoms with Gasteiger partial charge in [-0.3, -0.25) is 0 Å². The summed E-state index contributed by atoms with van der Waals surface area (Å²) in [6.45, 7) is 1.98. The fraction of sp³-hybridized carbons (Fsp3) is 1.00. The van der Waals surface area contributed by atoms with Gasteiger partial charge in [0.25, 0.3) is 0 Å². The van der Waals surface area contributed by atoms with Crippen molar-refractivity contribution < 1.29 is 4.11 Å². The molecule has 50 valence electrons. The van der Waals surface area contributed by atoms with Crippen molar-refractivity contribution in [1.29, 1.82) is 0 Å². The average Bonchev–Trinajstić information content (AvgIpc) is 1.99. The second kappa shape index (κ2) is 7.66. The van der Waals surface area contributed by atoms with Gasteiger partial charge in [-0.25, -0.2) is 0 Å². The highest BCUT2D eigenvalue weighted by Crippen LogP contribution is 2.20. The maximum Gasteiger partial charge on any atom is 0.0402 e.